The zero-order chi connectivity index (χ0) is 19.3. The fourth-order valence-corrected chi connectivity index (χ4v) is 6.83. The number of sulfonamides is 1. The summed E-state index contributed by atoms with van der Waals surface area (Å²) in [6, 6.07) is 6.93. The third-order valence-corrected chi connectivity index (χ3v) is 8.70. The van der Waals surface area contributed by atoms with Gasteiger partial charge in [0.1, 0.15) is 0 Å². The van der Waals surface area contributed by atoms with Crippen molar-refractivity contribution in [1.29, 1.82) is 0 Å². The molecule has 0 aromatic heterocycles. The summed E-state index contributed by atoms with van der Waals surface area (Å²) in [5.41, 5.74) is 9.47. The lowest BCUT2D eigenvalue weighted by Crippen LogP contribution is -2.50. The number of likely N-dealkylation sites (tertiary alicyclic amines) is 1. The van der Waals surface area contributed by atoms with E-state index in [9.17, 15) is 8.42 Å². The molecule has 5 rings (SSSR count). The standard InChI is InChI=1S/C19H30N6O2S/c1-23-19-14(12-20-23)4-2-5-16(19)22-28(26,27)15-7-10-24(11-8-15)18-13-21-25-9-3-6-17(18)25/h2,4-5,15,17-18,20-22H,3,6-13H2,1H3. The summed E-state index contributed by atoms with van der Waals surface area (Å²) in [6.07, 6.45) is 3.90. The van der Waals surface area contributed by atoms with E-state index in [4.69, 9.17) is 0 Å². The summed E-state index contributed by atoms with van der Waals surface area (Å²) in [7, 11) is -1.48. The van der Waals surface area contributed by atoms with Crippen LogP contribution in [0.15, 0.2) is 18.2 Å². The van der Waals surface area contributed by atoms with Gasteiger partial charge in [0, 0.05) is 38.8 Å². The monoisotopic (exact) mass is 406 g/mol. The molecule has 8 nitrogen and oxygen atoms in total. The minimum Gasteiger partial charge on any atom is -0.309 e. The van der Waals surface area contributed by atoms with Gasteiger partial charge in [-0.2, -0.15) is 0 Å². The molecule has 9 heteroatoms. The second-order valence-electron chi connectivity index (χ2n) is 8.42. The molecule has 0 saturated carbocycles. The first-order valence-electron chi connectivity index (χ1n) is 10.4. The van der Waals surface area contributed by atoms with Crippen LogP contribution in [0.2, 0.25) is 0 Å². The van der Waals surface area contributed by atoms with E-state index in [0.717, 1.165) is 44.0 Å². The molecule has 0 bridgehead atoms. The molecule has 4 heterocycles. The highest BCUT2D eigenvalue weighted by Gasteiger charge is 2.42. The smallest absolute Gasteiger partial charge is 0.235 e. The molecule has 1 aromatic rings. The van der Waals surface area contributed by atoms with Gasteiger partial charge in [-0.1, -0.05) is 12.1 Å². The predicted molar refractivity (Wildman–Crippen MR) is 110 cm³/mol. The first kappa shape index (κ1) is 18.6. The van der Waals surface area contributed by atoms with Crippen LogP contribution in [0.5, 0.6) is 0 Å². The SMILES string of the molecule is CN1NCc2cccc(NS(=O)(=O)C3CCN(C4CNN5CCCC45)CC3)c21. The van der Waals surface area contributed by atoms with Crippen molar-refractivity contribution in [3.8, 4) is 0 Å². The third-order valence-electron chi connectivity index (χ3n) is 6.85. The Morgan fingerprint density at radius 3 is 2.71 bits per heavy atom. The van der Waals surface area contributed by atoms with Gasteiger partial charge in [-0.3, -0.25) is 15.0 Å². The molecule has 0 aliphatic carbocycles. The average Bonchev–Trinajstić information content (AvgIpc) is 3.38. The predicted octanol–water partition coefficient (Wildman–Crippen LogP) is 0.698. The Labute approximate surface area is 167 Å². The quantitative estimate of drug-likeness (QED) is 0.679. The topological polar surface area (TPSA) is 79.9 Å². The van der Waals surface area contributed by atoms with Crippen LogP contribution >= 0.6 is 0 Å². The lowest BCUT2D eigenvalue weighted by Gasteiger charge is -2.37. The van der Waals surface area contributed by atoms with Crippen molar-refractivity contribution in [2.24, 2.45) is 0 Å². The number of hydrogen-bond donors (Lipinski definition) is 3. The molecule has 2 unspecified atom stereocenters. The summed E-state index contributed by atoms with van der Waals surface area (Å²) in [5, 5.41) is 3.96. The van der Waals surface area contributed by atoms with Crippen molar-refractivity contribution in [1.82, 2.24) is 20.8 Å². The van der Waals surface area contributed by atoms with Crippen LogP contribution in [0.25, 0.3) is 0 Å². The first-order valence-corrected chi connectivity index (χ1v) is 11.9. The summed E-state index contributed by atoms with van der Waals surface area (Å²) >= 11 is 0. The summed E-state index contributed by atoms with van der Waals surface area (Å²) in [4.78, 5) is 2.51. The van der Waals surface area contributed by atoms with E-state index in [1.54, 1.807) is 0 Å². The van der Waals surface area contributed by atoms with Gasteiger partial charge in [0.2, 0.25) is 10.0 Å². The molecule has 2 atom stereocenters. The van der Waals surface area contributed by atoms with E-state index in [1.807, 2.05) is 30.3 Å². The van der Waals surface area contributed by atoms with Crippen molar-refractivity contribution in [3.05, 3.63) is 23.8 Å². The van der Waals surface area contributed by atoms with Crippen molar-refractivity contribution in [2.45, 2.75) is 49.6 Å². The van der Waals surface area contributed by atoms with Crippen LogP contribution < -0.4 is 20.6 Å². The fourth-order valence-electron chi connectivity index (χ4n) is 5.36. The number of fused-ring (bicyclic) bond motifs is 2. The van der Waals surface area contributed by atoms with Crippen LogP contribution in [-0.4, -0.2) is 68.9 Å². The van der Waals surface area contributed by atoms with Gasteiger partial charge in [-0.15, -0.1) is 0 Å². The highest BCUT2D eigenvalue weighted by atomic mass is 32.2. The molecule has 4 aliphatic heterocycles. The molecule has 4 aliphatic rings. The number of nitrogens with zero attached hydrogens (tertiary/aromatic N) is 3. The molecule has 3 N–H and O–H groups in total. The first-order chi connectivity index (χ1) is 13.5. The van der Waals surface area contributed by atoms with Gasteiger partial charge in [0.15, 0.2) is 0 Å². The highest BCUT2D eigenvalue weighted by molar-refractivity contribution is 7.93. The van der Waals surface area contributed by atoms with Gasteiger partial charge in [-0.05, 0) is 50.4 Å². The van der Waals surface area contributed by atoms with Gasteiger partial charge >= 0.3 is 0 Å². The average molecular weight is 407 g/mol. The number of para-hydroxylation sites is 1. The molecule has 0 spiro atoms. The van der Waals surface area contributed by atoms with E-state index in [2.05, 4.69) is 25.5 Å². The number of hydrogen-bond acceptors (Lipinski definition) is 7. The van der Waals surface area contributed by atoms with Crippen LogP contribution in [0.1, 0.15) is 31.2 Å². The van der Waals surface area contributed by atoms with E-state index in [0.29, 0.717) is 30.6 Å². The van der Waals surface area contributed by atoms with Crippen molar-refractivity contribution in [2.75, 3.05) is 43.0 Å². The Kier molecular flexibility index (Phi) is 4.75. The zero-order valence-corrected chi connectivity index (χ0v) is 17.2. The molecule has 0 radical (unpaired) electrons. The largest absolute Gasteiger partial charge is 0.309 e. The normalized spacial score (nSPS) is 29.2. The van der Waals surface area contributed by atoms with E-state index < -0.39 is 10.0 Å². The van der Waals surface area contributed by atoms with E-state index in [1.165, 1.54) is 12.8 Å². The second kappa shape index (κ2) is 7.14. The van der Waals surface area contributed by atoms with Crippen molar-refractivity contribution in [3.63, 3.8) is 0 Å². The van der Waals surface area contributed by atoms with Gasteiger partial charge in [0.05, 0.1) is 16.6 Å². The van der Waals surface area contributed by atoms with Gasteiger partial charge < -0.3 is 5.01 Å². The number of nitrogens with one attached hydrogen (secondary N) is 3. The van der Waals surface area contributed by atoms with E-state index in [-0.39, 0.29) is 5.25 Å². The maximum absolute atomic E-state index is 13.1. The van der Waals surface area contributed by atoms with Crippen molar-refractivity contribution >= 4 is 21.4 Å². The Balaban J connectivity index is 1.25. The molecular weight excluding hydrogens is 376 g/mol. The molecule has 3 fully saturated rings. The number of anilines is 2. The van der Waals surface area contributed by atoms with Crippen LogP contribution in [0, 0.1) is 0 Å². The summed E-state index contributed by atoms with van der Waals surface area (Å²) in [6.45, 7) is 4.58. The Morgan fingerprint density at radius 2 is 1.89 bits per heavy atom. The minimum atomic E-state index is -3.40. The van der Waals surface area contributed by atoms with Gasteiger partial charge in [-0.25, -0.2) is 18.9 Å². The number of hydrazine groups is 2. The molecule has 3 saturated heterocycles. The Morgan fingerprint density at radius 1 is 1.07 bits per heavy atom. The van der Waals surface area contributed by atoms with Crippen LogP contribution in [0.4, 0.5) is 11.4 Å². The molecule has 154 valence electrons. The lowest BCUT2D eigenvalue weighted by atomic mass is 10.0. The maximum atomic E-state index is 13.1. The third kappa shape index (κ3) is 3.19. The molecule has 1 aromatic carbocycles. The highest BCUT2D eigenvalue weighted by Crippen LogP contribution is 2.34. The molecule has 0 amide bonds. The van der Waals surface area contributed by atoms with Crippen LogP contribution in [0.3, 0.4) is 0 Å². The molecule has 28 heavy (non-hydrogen) atoms. The summed E-state index contributed by atoms with van der Waals surface area (Å²) in [5.74, 6) is 0. The zero-order valence-electron chi connectivity index (χ0n) is 16.4. The molecular formula is C19H30N6O2S. The number of rotatable bonds is 4. The second-order valence-corrected chi connectivity index (χ2v) is 10.4. The fraction of sp³-hybridized carbons (Fsp3) is 0.684. The van der Waals surface area contributed by atoms with Gasteiger partial charge in [0.25, 0.3) is 0 Å². The maximum Gasteiger partial charge on any atom is 0.235 e. The number of piperidine rings is 1. The van der Waals surface area contributed by atoms with E-state index >= 15 is 0 Å². The minimum absolute atomic E-state index is 0.326. The van der Waals surface area contributed by atoms with Crippen molar-refractivity contribution < 1.29 is 8.42 Å². The number of benzene rings is 1. The van der Waals surface area contributed by atoms with Crippen LogP contribution in [-0.2, 0) is 16.6 Å². The summed E-state index contributed by atoms with van der Waals surface area (Å²) < 4.78 is 29.1. The lowest BCUT2D eigenvalue weighted by molar-refractivity contribution is 0.137. The Hall–Kier alpha value is -1.39. The Bertz CT molecular complexity index is 839.